The molecule has 0 spiro atoms. The van der Waals surface area contributed by atoms with Crippen LogP contribution in [0, 0.1) is 5.92 Å². The van der Waals surface area contributed by atoms with Gasteiger partial charge in [0.1, 0.15) is 0 Å². The lowest BCUT2D eigenvalue weighted by Crippen LogP contribution is -2.28. The Morgan fingerprint density at radius 2 is 2.12 bits per heavy atom. The van der Waals surface area contributed by atoms with E-state index < -0.39 is 18.1 Å². The summed E-state index contributed by atoms with van der Waals surface area (Å²) in [7, 11) is 0. The van der Waals surface area contributed by atoms with Crippen LogP contribution in [-0.2, 0) is 9.53 Å². The number of carbonyl (C=O) groups excluding carboxylic acids is 1. The molecule has 0 aromatic rings. The Morgan fingerprint density at radius 1 is 1.47 bits per heavy atom. The van der Waals surface area contributed by atoms with Crippen molar-refractivity contribution < 1.29 is 22.7 Å². The van der Waals surface area contributed by atoms with Crippen LogP contribution in [-0.4, -0.2) is 18.8 Å². The lowest BCUT2D eigenvalue weighted by Gasteiger charge is -2.28. The molecule has 0 N–H and O–H groups in total. The molecule has 2 nitrogen and oxygen atoms in total. The summed E-state index contributed by atoms with van der Waals surface area (Å²) in [6.07, 6.45) is -2.60. The first-order valence-electron chi connectivity index (χ1n) is 5.50. The third-order valence-electron chi connectivity index (χ3n) is 2.74. The summed E-state index contributed by atoms with van der Waals surface area (Å²) < 4.78 is 43.3. The minimum absolute atomic E-state index is 0.0741. The van der Waals surface area contributed by atoms with Crippen LogP contribution < -0.4 is 0 Å². The van der Waals surface area contributed by atoms with Gasteiger partial charge in [-0.15, -0.1) is 0 Å². The molecule has 0 heterocycles. The third-order valence-corrected chi connectivity index (χ3v) is 3.87. The Balaban J connectivity index is 2.97. The number of hydrogen-bond acceptors (Lipinski definition) is 2. The molecule has 0 aromatic heterocycles. The highest BCUT2D eigenvalue weighted by molar-refractivity contribution is 14.1. The van der Waals surface area contributed by atoms with Crippen LogP contribution >= 0.6 is 22.6 Å². The molecular weight excluding hydrogens is 348 g/mol. The van der Waals surface area contributed by atoms with Crippen LogP contribution in [0.2, 0.25) is 0 Å². The maximum Gasteiger partial charge on any atom is 0.395 e. The van der Waals surface area contributed by atoms with E-state index in [1.165, 1.54) is 0 Å². The zero-order valence-corrected chi connectivity index (χ0v) is 11.6. The lowest BCUT2D eigenvalue weighted by atomic mass is 9.83. The van der Waals surface area contributed by atoms with Crippen molar-refractivity contribution in [2.24, 2.45) is 5.92 Å². The lowest BCUT2D eigenvalue weighted by molar-refractivity contribution is -0.168. The summed E-state index contributed by atoms with van der Waals surface area (Å²) >= 11 is 1.67. The third kappa shape index (κ3) is 3.86. The second-order valence-corrected chi connectivity index (χ2v) is 4.98. The maximum absolute atomic E-state index is 12.8. The zero-order valence-electron chi connectivity index (χ0n) is 9.44. The number of ether oxygens (including phenoxy) is 1. The number of hydrogen-bond donors (Lipinski definition) is 0. The van der Waals surface area contributed by atoms with Gasteiger partial charge in [-0.25, -0.2) is 4.79 Å². The standard InChI is InChI=1S/C11H14F3IO2/c1-2-17-10(16)9(15)7-5-3-4-6-8(7)11(12,13)14/h8H,2-6H2,1H3. The van der Waals surface area contributed by atoms with Crippen LogP contribution in [0.4, 0.5) is 13.2 Å². The van der Waals surface area contributed by atoms with E-state index in [2.05, 4.69) is 0 Å². The molecule has 0 radical (unpaired) electrons. The summed E-state index contributed by atoms with van der Waals surface area (Å²) in [6, 6.07) is 0. The first-order valence-corrected chi connectivity index (χ1v) is 6.58. The van der Waals surface area contributed by atoms with Gasteiger partial charge in [-0.3, -0.25) is 0 Å². The van der Waals surface area contributed by atoms with Gasteiger partial charge in [-0.05, 0) is 54.4 Å². The fourth-order valence-corrected chi connectivity index (χ4v) is 2.76. The largest absolute Gasteiger partial charge is 0.462 e. The van der Waals surface area contributed by atoms with Crippen LogP contribution in [0.25, 0.3) is 0 Å². The number of rotatable bonds is 2. The first kappa shape index (κ1) is 14.8. The molecule has 6 heteroatoms. The molecule has 0 saturated heterocycles. The van der Waals surface area contributed by atoms with Crippen LogP contribution in [0.1, 0.15) is 32.6 Å². The van der Waals surface area contributed by atoms with Gasteiger partial charge in [0.2, 0.25) is 0 Å². The van der Waals surface area contributed by atoms with E-state index in [1.54, 1.807) is 29.5 Å². The van der Waals surface area contributed by atoms with Crippen molar-refractivity contribution in [2.45, 2.75) is 38.8 Å². The van der Waals surface area contributed by atoms with Crippen molar-refractivity contribution in [3.63, 3.8) is 0 Å². The summed E-state index contributed by atoms with van der Waals surface area (Å²) in [5.41, 5.74) is 0.197. The van der Waals surface area contributed by atoms with Crippen LogP contribution in [0.3, 0.4) is 0 Å². The molecule has 1 saturated carbocycles. The molecule has 1 aliphatic rings. The van der Waals surface area contributed by atoms with Crippen LogP contribution in [0.5, 0.6) is 0 Å². The Morgan fingerprint density at radius 3 is 2.65 bits per heavy atom. The van der Waals surface area contributed by atoms with Gasteiger partial charge in [0.25, 0.3) is 0 Å². The minimum Gasteiger partial charge on any atom is -0.462 e. The number of alkyl halides is 3. The predicted molar refractivity (Wildman–Crippen MR) is 65.7 cm³/mol. The molecule has 1 aliphatic carbocycles. The molecular formula is C11H14F3IO2. The zero-order chi connectivity index (χ0) is 13.1. The molecule has 0 aromatic carbocycles. The van der Waals surface area contributed by atoms with Crippen molar-refractivity contribution in [3.05, 3.63) is 9.15 Å². The fourth-order valence-electron chi connectivity index (χ4n) is 1.96. The second kappa shape index (κ2) is 6.06. The van der Waals surface area contributed by atoms with Gasteiger partial charge in [0, 0.05) is 0 Å². The molecule has 0 amide bonds. The summed E-state index contributed by atoms with van der Waals surface area (Å²) in [5, 5.41) is 0. The van der Waals surface area contributed by atoms with Crippen molar-refractivity contribution in [1.29, 1.82) is 0 Å². The minimum atomic E-state index is -4.27. The van der Waals surface area contributed by atoms with Crippen molar-refractivity contribution in [3.8, 4) is 0 Å². The van der Waals surface area contributed by atoms with Gasteiger partial charge in [0.15, 0.2) is 0 Å². The topological polar surface area (TPSA) is 26.3 Å². The Bertz CT molecular complexity index is 323. The van der Waals surface area contributed by atoms with Gasteiger partial charge in [-0.2, -0.15) is 13.2 Å². The van der Waals surface area contributed by atoms with E-state index in [9.17, 15) is 18.0 Å². The van der Waals surface area contributed by atoms with Gasteiger partial charge < -0.3 is 4.74 Å². The van der Waals surface area contributed by atoms with E-state index in [0.29, 0.717) is 19.3 Å². The number of carbonyl (C=O) groups is 1. The van der Waals surface area contributed by atoms with E-state index in [0.717, 1.165) is 0 Å². The molecule has 1 atom stereocenters. The van der Waals surface area contributed by atoms with Crippen molar-refractivity contribution in [1.82, 2.24) is 0 Å². The summed E-state index contributed by atoms with van der Waals surface area (Å²) in [4.78, 5) is 11.5. The molecule has 98 valence electrons. The quantitative estimate of drug-likeness (QED) is 0.422. The Hall–Kier alpha value is -0.270. The summed E-state index contributed by atoms with van der Waals surface area (Å²) in [6.45, 7) is 1.81. The highest BCUT2D eigenvalue weighted by atomic mass is 127. The average molecular weight is 362 g/mol. The van der Waals surface area contributed by atoms with Crippen molar-refractivity contribution in [2.75, 3.05) is 6.61 Å². The molecule has 1 fully saturated rings. The number of halogens is 4. The molecule has 17 heavy (non-hydrogen) atoms. The fraction of sp³-hybridized carbons (Fsp3) is 0.727. The van der Waals surface area contributed by atoms with E-state index >= 15 is 0 Å². The monoisotopic (exact) mass is 362 g/mol. The first-order chi connectivity index (χ1) is 7.88. The number of allylic oxidation sites excluding steroid dienone is 1. The molecule has 1 rings (SSSR count). The highest BCUT2D eigenvalue weighted by Crippen LogP contribution is 2.43. The Labute approximate surface area is 112 Å². The Kier molecular flexibility index (Phi) is 5.27. The van der Waals surface area contributed by atoms with E-state index in [-0.39, 0.29) is 22.2 Å². The van der Waals surface area contributed by atoms with Gasteiger partial charge in [0.05, 0.1) is 16.1 Å². The number of esters is 1. The second-order valence-electron chi connectivity index (χ2n) is 3.90. The highest BCUT2D eigenvalue weighted by Gasteiger charge is 2.44. The molecule has 1 unspecified atom stereocenters. The average Bonchev–Trinajstić information content (AvgIpc) is 2.27. The predicted octanol–water partition coefficient (Wildman–Crippen LogP) is 3.99. The normalized spacial score (nSPS) is 24.4. The van der Waals surface area contributed by atoms with Crippen molar-refractivity contribution >= 4 is 28.6 Å². The van der Waals surface area contributed by atoms with Gasteiger partial charge >= 0.3 is 12.1 Å². The van der Waals surface area contributed by atoms with E-state index in [4.69, 9.17) is 4.74 Å². The molecule has 0 aliphatic heterocycles. The SMILES string of the molecule is CCOC(=O)C(I)=C1CCCCC1C(F)(F)F. The smallest absolute Gasteiger partial charge is 0.395 e. The van der Waals surface area contributed by atoms with Gasteiger partial charge in [-0.1, -0.05) is 6.42 Å². The maximum atomic E-state index is 12.8. The summed E-state index contributed by atoms with van der Waals surface area (Å²) in [5.74, 6) is -2.12. The van der Waals surface area contributed by atoms with Crippen LogP contribution in [0.15, 0.2) is 9.15 Å². The molecule has 0 bridgehead atoms. The van der Waals surface area contributed by atoms with E-state index in [1.807, 2.05) is 0 Å².